The van der Waals surface area contributed by atoms with Crippen LogP contribution in [0.5, 0.6) is 0 Å². The van der Waals surface area contributed by atoms with Crippen molar-refractivity contribution in [2.75, 3.05) is 7.05 Å². The first-order chi connectivity index (χ1) is 8.19. The maximum atomic E-state index is 3.99. The van der Waals surface area contributed by atoms with Gasteiger partial charge in [0.25, 0.3) is 0 Å². The Morgan fingerprint density at radius 2 is 2.06 bits per heavy atom. The fourth-order valence-electron chi connectivity index (χ4n) is 1.87. The Morgan fingerprint density at radius 3 is 2.65 bits per heavy atom. The minimum atomic E-state index is 0.972. The van der Waals surface area contributed by atoms with Gasteiger partial charge in [-0.05, 0) is 42.5 Å². The van der Waals surface area contributed by atoms with E-state index >= 15 is 0 Å². The molecule has 1 N–H and O–H groups in total. The first-order valence-electron chi connectivity index (χ1n) is 6.32. The molecule has 0 radical (unpaired) electrons. The summed E-state index contributed by atoms with van der Waals surface area (Å²) in [5, 5.41) is 3.09. The van der Waals surface area contributed by atoms with Crippen LogP contribution in [-0.2, 0) is 0 Å². The number of nitrogens with one attached hydrogen (secondary N) is 1. The summed E-state index contributed by atoms with van der Waals surface area (Å²) < 4.78 is 0. The third kappa shape index (κ3) is 4.10. The lowest BCUT2D eigenvalue weighted by molar-refractivity contribution is 0.822. The van der Waals surface area contributed by atoms with E-state index in [1.54, 1.807) is 0 Å². The van der Waals surface area contributed by atoms with E-state index in [2.05, 4.69) is 56.1 Å². The van der Waals surface area contributed by atoms with E-state index in [9.17, 15) is 0 Å². The lowest BCUT2D eigenvalue weighted by Crippen LogP contribution is -2.02. The number of rotatable bonds is 6. The number of unbranched alkanes of at least 4 members (excludes halogenated alkanes) is 1. The summed E-state index contributed by atoms with van der Waals surface area (Å²) >= 11 is 0. The van der Waals surface area contributed by atoms with Crippen LogP contribution < -0.4 is 5.32 Å². The Kier molecular flexibility index (Phi) is 5.55. The zero-order valence-electron chi connectivity index (χ0n) is 11.2. The second kappa shape index (κ2) is 6.95. The van der Waals surface area contributed by atoms with Gasteiger partial charge in [0.05, 0.1) is 0 Å². The van der Waals surface area contributed by atoms with E-state index in [0.29, 0.717) is 0 Å². The van der Waals surface area contributed by atoms with E-state index in [-0.39, 0.29) is 0 Å². The summed E-state index contributed by atoms with van der Waals surface area (Å²) in [7, 11) is 1.91. The van der Waals surface area contributed by atoms with Gasteiger partial charge in [-0.15, -0.1) is 0 Å². The van der Waals surface area contributed by atoms with Crippen LogP contribution in [0, 0.1) is 6.92 Å². The van der Waals surface area contributed by atoms with Gasteiger partial charge in [0.15, 0.2) is 0 Å². The molecule has 1 nitrogen and oxygen atoms in total. The molecular formula is C16H23N. The van der Waals surface area contributed by atoms with Gasteiger partial charge >= 0.3 is 0 Å². The van der Waals surface area contributed by atoms with Crippen molar-refractivity contribution >= 4 is 5.57 Å². The Bertz CT molecular complexity index is 402. The lowest BCUT2D eigenvalue weighted by atomic mass is 9.95. The summed E-state index contributed by atoms with van der Waals surface area (Å²) in [5.74, 6) is 0. The van der Waals surface area contributed by atoms with Gasteiger partial charge in [-0.2, -0.15) is 0 Å². The third-order valence-corrected chi connectivity index (χ3v) is 2.96. The van der Waals surface area contributed by atoms with Crippen LogP contribution >= 0.6 is 0 Å². The highest BCUT2D eigenvalue weighted by Crippen LogP contribution is 2.24. The van der Waals surface area contributed by atoms with Crippen LogP contribution in [0.25, 0.3) is 5.57 Å². The van der Waals surface area contributed by atoms with E-state index in [4.69, 9.17) is 0 Å². The molecule has 17 heavy (non-hydrogen) atoms. The predicted molar refractivity (Wildman–Crippen MR) is 76.9 cm³/mol. The molecule has 0 heterocycles. The molecule has 0 saturated heterocycles. The van der Waals surface area contributed by atoms with Crippen molar-refractivity contribution in [3.05, 3.63) is 53.7 Å². The lowest BCUT2D eigenvalue weighted by Gasteiger charge is -2.11. The summed E-state index contributed by atoms with van der Waals surface area (Å²) in [5.41, 5.74) is 5.03. The highest BCUT2D eigenvalue weighted by Gasteiger charge is 2.04. The molecule has 1 aromatic rings. The highest BCUT2D eigenvalue weighted by atomic mass is 14.8. The maximum Gasteiger partial charge on any atom is 0.0267 e. The Hall–Kier alpha value is -1.50. The molecule has 0 aliphatic rings. The van der Waals surface area contributed by atoms with E-state index in [1.807, 2.05) is 7.05 Å². The predicted octanol–water partition coefficient (Wildman–Crippen LogP) is 4.30. The van der Waals surface area contributed by atoms with Crippen molar-refractivity contribution in [1.82, 2.24) is 5.32 Å². The van der Waals surface area contributed by atoms with Gasteiger partial charge in [-0.1, -0.05) is 44.2 Å². The zero-order chi connectivity index (χ0) is 12.7. The van der Waals surface area contributed by atoms with Crippen LogP contribution in [0.15, 0.2) is 42.6 Å². The molecule has 1 aromatic carbocycles. The first kappa shape index (κ1) is 13.6. The number of hydrogen-bond acceptors (Lipinski definition) is 1. The Balaban J connectivity index is 3.02. The smallest absolute Gasteiger partial charge is 0.0267 e. The summed E-state index contributed by atoms with van der Waals surface area (Å²) in [6, 6.07) is 8.55. The molecular weight excluding hydrogens is 206 g/mol. The van der Waals surface area contributed by atoms with E-state index in [0.717, 1.165) is 12.1 Å². The van der Waals surface area contributed by atoms with Crippen molar-refractivity contribution < 1.29 is 0 Å². The summed E-state index contributed by atoms with van der Waals surface area (Å²) in [6.07, 6.45) is 5.71. The molecule has 0 bridgehead atoms. The number of hydrogen-bond donors (Lipinski definition) is 1. The van der Waals surface area contributed by atoms with Crippen LogP contribution in [-0.4, -0.2) is 7.05 Å². The van der Waals surface area contributed by atoms with Gasteiger partial charge in [0.1, 0.15) is 0 Å². The quantitative estimate of drug-likeness (QED) is 0.717. The van der Waals surface area contributed by atoms with Crippen LogP contribution in [0.2, 0.25) is 0 Å². The normalized spacial score (nSPS) is 11.4. The molecule has 92 valence electrons. The number of benzene rings is 1. The monoisotopic (exact) mass is 229 g/mol. The second-order valence-electron chi connectivity index (χ2n) is 4.36. The molecule has 0 fully saturated rings. The maximum absolute atomic E-state index is 3.99. The topological polar surface area (TPSA) is 12.0 Å². The van der Waals surface area contributed by atoms with Crippen LogP contribution in [0.1, 0.15) is 37.3 Å². The largest absolute Gasteiger partial charge is 0.389 e. The van der Waals surface area contributed by atoms with Crippen molar-refractivity contribution in [3.8, 4) is 0 Å². The molecule has 0 saturated carbocycles. The average Bonchev–Trinajstić information content (AvgIpc) is 2.35. The number of likely N-dealkylation sites (N-methyl/N-ethyl adjacent to an activating group) is 1. The molecule has 1 heteroatoms. The standard InChI is InChI=1S/C16H23N/c1-5-6-10-15(12-14(3)17-4)16-11-8-7-9-13(16)2/h7-9,11-12,17H,3,5-6,10H2,1-2,4H3/b15-12-. The molecule has 0 atom stereocenters. The van der Waals surface area contributed by atoms with Crippen molar-refractivity contribution in [2.45, 2.75) is 33.1 Å². The molecule has 0 aliphatic heterocycles. The van der Waals surface area contributed by atoms with Gasteiger partial charge in [0.2, 0.25) is 0 Å². The number of aryl methyl sites for hydroxylation is 1. The Morgan fingerprint density at radius 1 is 1.35 bits per heavy atom. The van der Waals surface area contributed by atoms with Crippen LogP contribution in [0.3, 0.4) is 0 Å². The molecule has 1 rings (SSSR count). The fraction of sp³-hybridized carbons (Fsp3) is 0.375. The van der Waals surface area contributed by atoms with E-state index in [1.165, 1.54) is 29.5 Å². The van der Waals surface area contributed by atoms with Crippen LogP contribution in [0.4, 0.5) is 0 Å². The van der Waals surface area contributed by atoms with E-state index < -0.39 is 0 Å². The minimum absolute atomic E-state index is 0.972. The zero-order valence-corrected chi connectivity index (χ0v) is 11.2. The minimum Gasteiger partial charge on any atom is -0.389 e. The number of allylic oxidation sites excluding steroid dienone is 2. The third-order valence-electron chi connectivity index (χ3n) is 2.96. The molecule has 0 aliphatic carbocycles. The fourth-order valence-corrected chi connectivity index (χ4v) is 1.87. The van der Waals surface area contributed by atoms with Crippen molar-refractivity contribution in [1.29, 1.82) is 0 Å². The first-order valence-corrected chi connectivity index (χ1v) is 6.32. The average molecular weight is 229 g/mol. The highest BCUT2D eigenvalue weighted by molar-refractivity contribution is 5.70. The Labute approximate surface area is 105 Å². The second-order valence-corrected chi connectivity index (χ2v) is 4.36. The SMILES string of the molecule is C=C(/C=C(/CCCC)c1ccccc1C)NC. The van der Waals surface area contributed by atoms with Crippen molar-refractivity contribution in [2.24, 2.45) is 0 Å². The summed E-state index contributed by atoms with van der Waals surface area (Å²) in [4.78, 5) is 0. The molecule has 0 amide bonds. The van der Waals surface area contributed by atoms with Crippen molar-refractivity contribution in [3.63, 3.8) is 0 Å². The van der Waals surface area contributed by atoms with Gasteiger partial charge in [-0.25, -0.2) is 0 Å². The molecule has 0 unspecified atom stereocenters. The summed E-state index contributed by atoms with van der Waals surface area (Å²) in [6.45, 7) is 8.38. The van der Waals surface area contributed by atoms with Gasteiger partial charge in [0, 0.05) is 12.7 Å². The molecule has 0 aromatic heterocycles. The van der Waals surface area contributed by atoms with Gasteiger partial charge in [-0.3, -0.25) is 0 Å². The molecule has 0 spiro atoms. The van der Waals surface area contributed by atoms with Gasteiger partial charge < -0.3 is 5.32 Å².